The summed E-state index contributed by atoms with van der Waals surface area (Å²) >= 11 is 0. The van der Waals surface area contributed by atoms with E-state index in [4.69, 9.17) is 5.11 Å². The third-order valence-electron chi connectivity index (χ3n) is 4.96. The lowest BCUT2D eigenvalue weighted by molar-refractivity contribution is -0.137. The average molecular weight is 403 g/mol. The topological polar surface area (TPSA) is 77.8 Å². The maximum absolute atomic E-state index is 10.5. The van der Waals surface area contributed by atoms with E-state index in [9.17, 15) is 15.0 Å². The number of aliphatic hydroxyl groups excluding tert-OH is 1. The summed E-state index contributed by atoms with van der Waals surface area (Å²) < 4.78 is 0. The van der Waals surface area contributed by atoms with Crippen LogP contribution in [0.25, 0.3) is 0 Å². The van der Waals surface area contributed by atoms with Crippen LogP contribution < -0.4 is 0 Å². The van der Waals surface area contributed by atoms with E-state index in [-0.39, 0.29) is 12.2 Å². The number of carboxylic acid groups (broad SMARTS) is 1. The molecule has 0 aliphatic rings. The van der Waals surface area contributed by atoms with Gasteiger partial charge >= 0.3 is 5.97 Å². The van der Waals surface area contributed by atoms with E-state index in [2.05, 4.69) is 13.0 Å². The molecule has 0 saturated heterocycles. The number of allylic oxidation sites excluding steroid dienone is 3. The number of aliphatic carboxylic acids is 1. The number of unbranched alkanes of at least 4 members (excludes halogenated alkanes) is 7. The zero-order valence-corrected chi connectivity index (χ0v) is 17.9. The molecule has 1 aromatic rings. The van der Waals surface area contributed by atoms with Gasteiger partial charge in [0.15, 0.2) is 0 Å². The summed E-state index contributed by atoms with van der Waals surface area (Å²) in [7, 11) is 0. The molecule has 3 N–H and O–H groups in total. The Balaban J connectivity index is 2.52. The van der Waals surface area contributed by atoms with Crippen molar-refractivity contribution in [2.75, 3.05) is 0 Å². The predicted octanol–water partition coefficient (Wildman–Crippen LogP) is 6.17. The number of aliphatic hydroxyl groups is 1. The van der Waals surface area contributed by atoms with Crippen LogP contribution in [0.2, 0.25) is 0 Å². The van der Waals surface area contributed by atoms with Crippen LogP contribution in [0.4, 0.5) is 0 Å². The van der Waals surface area contributed by atoms with E-state index in [0.717, 1.165) is 81.8 Å². The van der Waals surface area contributed by atoms with Crippen LogP contribution in [0.15, 0.2) is 48.1 Å². The SMILES string of the molecule is CCCCC[C@H](O)/C=C/C(=C/CCCCCCCC(=O)O)Cc1cccc(O)c1. The third-order valence-corrected chi connectivity index (χ3v) is 4.96. The van der Waals surface area contributed by atoms with Crippen molar-refractivity contribution in [1.82, 2.24) is 0 Å². The van der Waals surface area contributed by atoms with Crippen molar-refractivity contribution in [2.45, 2.75) is 90.1 Å². The molecule has 0 bridgehead atoms. The number of benzene rings is 1. The lowest BCUT2D eigenvalue weighted by Gasteiger charge is -2.08. The van der Waals surface area contributed by atoms with Gasteiger partial charge < -0.3 is 15.3 Å². The van der Waals surface area contributed by atoms with Gasteiger partial charge in [-0.1, -0.05) is 75.8 Å². The fraction of sp³-hybridized carbons (Fsp3) is 0.560. The Morgan fingerprint density at radius 1 is 1.07 bits per heavy atom. The zero-order chi connectivity index (χ0) is 21.3. The number of carboxylic acids is 1. The molecule has 0 fully saturated rings. The normalized spacial score (nSPS) is 13.1. The molecule has 0 spiro atoms. The molecule has 0 saturated carbocycles. The second-order valence-electron chi connectivity index (χ2n) is 7.75. The van der Waals surface area contributed by atoms with Gasteiger partial charge in [-0.25, -0.2) is 0 Å². The van der Waals surface area contributed by atoms with Gasteiger partial charge in [-0.05, 0) is 55.4 Å². The Hall–Kier alpha value is -2.07. The highest BCUT2D eigenvalue weighted by atomic mass is 16.4. The van der Waals surface area contributed by atoms with Crippen LogP contribution in [0, 0.1) is 0 Å². The fourth-order valence-electron chi connectivity index (χ4n) is 3.27. The van der Waals surface area contributed by atoms with Crippen molar-refractivity contribution >= 4 is 5.97 Å². The van der Waals surface area contributed by atoms with Gasteiger partial charge in [0.1, 0.15) is 5.75 Å². The lowest BCUT2D eigenvalue weighted by atomic mass is 10.0. The number of carbonyl (C=O) groups is 1. The van der Waals surface area contributed by atoms with Crippen molar-refractivity contribution in [1.29, 1.82) is 0 Å². The summed E-state index contributed by atoms with van der Waals surface area (Å²) in [6.07, 6.45) is 16.7. The van der Waals surface area contributed by atoms with Crippen molar-refractivity contribution in [3.8, 4) is 5.75 Å². The van der Waals surface area contributed by atoms with Gasteiger partial charge in [0.05, 0.1) is 6.10 Å². The van der Waals surface area contributed by atoms with Gasteiger partial charge in [-0.3, -0.25) is 4.79 Å². The summed E-state index contributed by atoms with van der Waals surface area (Å²) in [5.41, 5.74) is 2.20. The maximum atomic E-state index is 10.5. The highest BCUT2D eigenvalue weighted by molar-refractivity contribution is 5.66. The quantitative estimate of drug-likeness (QED) is 0.228. The van der Waals surface area contributed by atoms with E-state index < -0.39 is 12.1 Å². The Labute approximate surface area is 176 Å². The summed E-state index contributed by atoms with van der Waals surface area (Å²) in [5.74, 6) is -0.444. The number of hydrogen-bond donors (Lipinski definition) is 3. The minimum Gasteiger partial charge on any atom is -0.508 e. The minimum atomic E-state index is -0.715. The molecule has 0 aliphatic heterocycles. The van der Waals surface area contributed by atoms with Crippen molar-refractivity contribution in [3.05, 3.63) is 53.6 Å². The van der Waals surface area contributed by atoms with Gasteiger partial charge in [0, 0.05) is 6.42 Å². The van der Waals surface area contributed by atoms with Gasteiger partial charge in [0.2, 0.25) is 0 Å². The highest BCUT2D eigenvalue weighted by Gasteiger charge is 2.02. The number of rotatable bonds is 16. The molecule has 0 unspecified atom stereocenters. The van der Waals surface area contributed by atoms with Crippen molar-refractivity contribution in [3.63, 3.8) is 0 Å². The molecule has 29 heavy (non-hydrogen) atoms. The molecule has 0 aromatic heterocycles. The average Bonchev–Trinajstić information content (AvgIpc) is 2.68. The molecule has 0 aliphatic carbocycles. The van der Waals surface area contributed by atoms with E-state index in [0.29, 0.717) is 0 Å². The summed E-state index contributed by atoms with van der Waals surface area (Å²) in [5, 5.41) is 28.5. The first kappa shape index (κ1) is 25.0. The largest absolute Gasteiger partial charge is 0.508 e. The van der Waals surface area contributed by atoms with Crippen LogP contribution in [-0.4, -0.2) is 27.4 Å². The number of aromatic hydroxyl groups is 1. The minimum absolute atomic E-state index is 0.263. The van der Waals surface area contributed by atoms with Crippen LogP contribution in [-0.2, 0) is 11.2 Å². The van der Waals surface area contributed by atoms with Gasteiger partial charge in [0.25, 0.3) is 0 Å². The van der Waals surface area contributed by atoms with Crippen molar-refractivity contribution in [2.24, 2.45) is 0 Å². The molecular weight excluding hydrogens is 364 g/mol. The number of phenols is 1. The Morgan fingerprint density at radius 3 is 2.55 bits per heavy atom. The molecule has 4 nitrogen and oxygen atoms in total. The summed E-state index contributed by atoms with van der Waals surface area (Å²) in [4.78, 5) is 10.5. The van der Waals surface area contributed by atoms with E-state index in [1.807, 2.05) is 24.3 Å². The maximum Gasteiger partial charge on any atom is 0.303 e. The van der Waals surface area contributed by atoms with E-state index in [1.165, 1.54) is 0 Å². The van der Waals surface area contributed by atoms with E-state index in [1.54, 1.807) is 12.1 Å². The fourth-order valence-corrected chi connectivity index (χ4v) is 3.27. The second-order valence-corrected chi connectivity index (χ2v) is 7.75. The molecule has 1 atom stereocenters. The first-order valence-electron chi connectivity index (χ1n) is 11.1. The van der Waals surface area contributed by atoms with Gasteiger partial charge in [-0.15, -0.1) is 0 Å². The van der Waals surface area contributed by atoms with Crippen LogP contribution in [0.3, 0.4) is 0 Å². The van der Waals surface area contributed by atoms with Gasteiger partial charge in [-0.2, -0.15) is 0 Å². The molecule has 0 heterocycles. The molecule has 162 valence electrons. The van der Waals surface area contributed by atoms with Crippen LogP contribution in [0.1, 0.15) is 83.1 Å². The zero-order valence-electron chi connectivity index (χ0n) is 17.9. The van der Waals surface area contributed by atoms with Crippen LogP contribution >= 0.6 is 0 Å². The first-order chi connectivity index (χ1) is 14.0. The molecular formula is C25H38O4. The van der Waals surface area contributed by atoms with Crippen LogP contribution in [0.5, 0.6) is 5.75 Å². The molecule has 1 aromatic carbocycles. The number of hydrogen-bond acceptors (Lipinski definition) is 3. The predicted molar refractivity (Wildman–Crippen MR) is 119 cm³/mol. The number of phenolic OH excluding ortho intramolecular Hbond substituents is 1. The smallest absolute Gasteiger partial charge is 0.303 e. The molecule has 0 amide bonds. The highest BCUT2D eigenvalue weighted by Crippen LogP contribution is 2.17. The molecule has 4 heteroatoms. The first-order valence-corrected chi connectivity index (χ1v) is 11.1. The van der Waals surface area contributed by atoms with Crippen molar-refractivity contribution < 1.29 is 20.1 Å². The summed E-state index contributed by atoms with van der Waals surface area (Å²) in [6.45, 7) is 2.16. The molecule has 1 rings (SSSR count). The van der Waals surface area contributed by atoms with E-state index >= 15 is 0 Å². The summed E-state index contributed by atoms with van der Waals surface area (Å²) in [6, 6.07) is 7.30. The molecule has 0 radical (unpaired) electrons. The second kappa shape index (κ2) is 15.8. The lowest BCUT2D eigenvalue weighted by Crippen LogP contribution is -2.02. The third kappa shape index (κ3) is 13.7. The monoisotopic (exact) mass is 402 g/mol. The Morgan fingerprint density at radius 2 is 1.83 bits per heavy atom. The standard InChI is InChI=1S/C25H38O4/c1-2-3-8-14-23(26)18-17-21(19-22-13-11-15-24(27)20-22)12-9-6-4-5-7-10-16-25(28)29/h11-13,15,17-18,20,23,26-27H,2-10,14,16,19H2,1H3,(H,28,29)/b18-17+,21-12-/t23-/m0/s1. The Kier molecular flexibility index (Phi) is 13.6. The Bertz CT molecular complexity index is 633.